The normalized spacial score (nSPS) is 19.8. The largest absolute Gasteiger partial charge is 0.497 e. The number of fused-ring (bicyclic) bond motifs is 3. The first-order chi connectivity index (χ1) is 14.1. The summed E-state index contributed by atoms with van der Waals surface area (Å²) in [6.07, 6.45) is 0.440. The van der Waals surface area contributed by atoms with Crippen molar-refractivity contribution in [3.63, 3.8) is 0 Å². The smallest absolute Gasteiger partial charge is 0.213 e. The third-order valence-electron chi connectivity index (χ3n) is 5.33. The highest BCUT2D eigenvalue weighted by atomic mass is 35.5. The van der Waals surface area contributed by atoms with Crippen LogP contribution in [0.3, 0.4) is 0 Å². The van der Waals surface area contributed by atoms with Gasteiger partial charge in [0.2, 0.25) is 6.23 Å². The van der Waals surface area contributed by atoms with Gasteiger partial charge in [-0.25, -0.2) is 5.01 Å². The molecule has 0 unspecified atom stereocenters. The molecule has 0 fully saturated rings. The van der Waals surface area contributed by atoms with Gasteiger partial charge in [0.15, 0.2) is 0 Å². The highest BCUT2D eigenvalue weighted by molar-refractivity contribution is 6.31. The number of hydrazone groups is 1. The highest BCUT2D eigenvalue weighted by Crippen LogP contribution is 2.48. The fraction of sp³-hybridized carbons (Fsp3) is 0.174. The van der Waals surface area contributed by atoms with E-state index in [9.17, 15) is 0 Å². The van der Waals surface area contributed by atoms with Crippen molar-refractivity contribution in [1.29, 1.82) is 0 Å². The Morgan fingerprint density at radius 1 is 0.966 bits per heavy atom. The summed E-state index contributed by atoms with van der Waals surface area (Å²) in [5.74, 6) is 1.64. The van der Waals surface area contributed by atoms with Crippen LogP contribution >= 0.6 is 23.2 Å². The third-order valence-corrected chi connectivity index (χ3v) is 5.82. The van der Waals surface area contributed by atoms with Gasteiger partial charge in [0, 0.05) is 27.6 Å². The van der Waals surface area contributed by atoms with Crippen molar-refractivity contribution in [3.8, 4) is 11.5 Å². The van der Waals surface area contributed by atoms with Crippen molar-refractivity contribution in [2.75, 3.05) is 7.11 Å². The third kappa shape index (κ3) is 3.33. The van der Waals surface area contributed by atoms with Crippen molar-refractivity contribution < 1.29 is 9.47 Å². The van der Waals surface area contributed by atoms with Crippen molar-refractivity contribution in [3.05, 3.63) is 93.5 Å². The average Bonchev–Trinajstić information content (AvgIpc) is 3.20. The number of halogens is 2. The van der Waals surface area contributed by atoms with Gasteiger partial charge in [0.1, 0.15) is 11.5 Å². The standard InChI is InChI=1S/C23H18Cl2N2O2/c1-28-18-9-4-15(5-10-18)23-27-21(19-12-17(25)8-11-22(19)29-23)13-20(26-27)14-2-6-16(24)7-3-14/h2-12,21,23H,13H2,1H3/t21-,23-/m1/s1. The molecular weight excluding hydrogens is 407 g/mol. The van der Waals surface area contributed by atoms with E-state index < -0.39 is 0 Å². The Morgan fingerprint density at radius 2 is 1.69 bits per heavy atom. The number of ether oxygens (including phenoxy) is 2. The number of nitrogens with zero attached hydrogens (tertiary/aromatic N) is 2. The maximum atomic E-state index is 6.36. The fourth-order valence-electron chi connectivity index (χ4n) is 3.86. The van der Waals surface area contributed by atoms with E-state index in [1.165, 1.54) is 0 Å². The molecule has 146 valence electrons. The first kappa shape index (κ1) is 18.3. The topological polar surface area (TPSA) is 34.1 Å². The van der Waals surface area contributed by atoms with E-state index >= 15 is 0 Å². The molecule has 0 amide bonds. The molecule has 2 heterocycles. The molecule has 6 heteroatoms. The summed E-state index contributed by atoms with van der Waals surface area (Å²) >= 11 is 12.3. The molecule has 0 spiro atoms. The summed E-state index contributed by atoms with van der Waals surface area (Å²) in [6, 6.07) is 21.5. The van der Waals surface area contributed by atoms with Gasteiger partial charge in [-0.3, -0.25) is 0 Å². The summed E-state index contributed by atoms with van der Waals surface area (Å²) in [6.45, 7) is 0. The first-order valence-corrected chi connectivity index (χ1v) is 10.1. The van der Waals surface area contributed by atoms with Crippen LogP contribution < -0.4 is 9.47 Å². The van der Waals surface area contributed by atoms with E-state index in [2.05, 4.69) is 0 Å². The Hall–Kier alpha value is -2.69. The van der Waals surface area contributed by atoms with Crippen LogP contribution in [0.15, 0.2) is 71.8 Å². The van der Waals surface area contributed by atoms with Crippen LogP contribution in [0.25, 0.3) is 0 Å². The number of rotatable bonds is 3. The Labute approximate surface area is 179 Å². The molecule has 2 atom stereocenters. The molecule has 2 aliphatic rings. The SMILES string of the molecule is COc1ccc([C@H]2Oc3ccc(Cl)cc3[C@H]3CC(c4ccc(Cl)cc4)=NN32)cc1. The Bertz CT molecular complexity index is 1080. The lowest BCUT2D eigenvalue weighted by Gasteiger charge is -2.38. The summed E-state index contributed by atoms with van der Waals surface area (Å²) in [5.41, 5.74) is 4.12. The quantitative estimate of drug-likeness (QED) is 0.498. The highest BCUT2D eigenvalue weighted by Gasteiger charge is 2.41. The molecule has 0 aromatic heterocycles. The molecule has 3 aromatic carbocycles. The predicted octanol–water partition coefficient (Wildman–Crippen LogP) is 6.24. The molecule has 4 nitrogen and oxygen atoms in total. The van der Waals surface area contributed by atoms with Gasteiger partial charge in [0.25, 0.3) is 0 Å². The zero-order valence-corrected chi connectivity index (χ0v) is 17.2. The van der Waals surface area contributed by atoms with Crippen molar-refractivity contribution in [1.82, 2.24) is 5.01 Å². The summed E-state index contributed by atoms with van der Waals surface area (Å²) in [4.78, 5) is 0. The van der Waals surface area contributed by atoms with Gasteiger partial charge < -0.3 is 9.47 Å². The molecule has 0 bridgehead atoms. The molecule has 5 rings (SSSR count). The monoisotopic (exact) mass is 424 g/mol. The van der Waals surface area contributed by atoms with Crippen LogP contribution in [0.2, 0.25) is 10.0 Å². The maximum absolute atomic E-state index is 6.36. The molecule has 0 N–H and O–H groups in total. The summed E-state index contributed by atoms with van der Waals surface area (Å²) in [5, 5.41) is 8.38. The molecule has 0 saturated heterocycles. The van der Waals surface area contributed by atoms with Crippen molar-refractivity contribution in [2.45, 2.75) is 18.7 Å². The van der Waals surface area contributed by atoms with Gasteiger partial charge in [-0.15, -0.1) is 0 Å². The average molecular weight is 425 g/mol. The van der Waals surface area contributed by atoms with Gasteiger partial charge in [-0.05, 0) is 60.2 Å². The molecule has 3 aromatic rings. The molecule has 29 heavy (non-hydrogen) atoms. The second kappa shape index (κ2) is 7.29. The first-order valence-electron chi connectivity index (χ1n) is 9.34. The lowest BCUT2D eigenvalue weighted by atomic mass is 9.96. The lowest BCUT2D eigenvalue weighted by Crippen LogP contribution is -2.33. The van der Waals surface area contributed by atoms with E-state index in [-0.39, 0.29) is 12.3 Å². The van der Waals surface area contributed by atoms with E-state index in [1.54, 1.807) is 7.11 Å². The van der Waals surface area contributed by atoms with E-state index in [0.717, 1.165) is 40.3 Å². The minimum Gasteiger partial charge on any atom is -0.497 e. The fourth-order valence-corrected chi connectivity index (χ4v) is 4.17. The van der Waals surface area contributed by atoms with E-state index in [4.69, 9.17) is 37.8 Å². The maximum Gasteiger partial charge on any atom is 0.213 e. The molecule has 0 aliphatic carbocycles. The van der Waals surface area contributed by atoms with E-state index in [1.807, 2.05) is 71.7 Å². The van der Waals surface area contributed by atoms with Crippen LogP contribution in [0.1, 0.15) is 35.4 Å². The summed E-state index contributed by atoms with van der Waals surface area (Å²) < 4.78 is 11.7. The number of hydrogen-bond acceptors (Lipinski definition) is 4. The number of methoxy groups -OCH3 is 1. The van der Waals surface area contributed by atoms with Crippen LogP contribution in [-0.4, -0.2) is 17.8 Å². The molecule has 0 saturated carbocycles. The second-order valence-corrected chi connectivity index (χ2v) is 7.95. The van der Waals surface area contributed by atoms with Crippen LogP contribution in [0.5, 0.6) is 11.5 Å². The van der Waals surface area contributed by atoms with Gasteiger partial charge in [-0.2, -0.15) is 5.10 Å². The van der Waals surface area contributed by atoms with Crippen LogP contribution in [-0.2, 0) is 0 Å². The minimum atomic E-state index is -0.329. The molecular formula is C23H18Cl2N2O2. The van der Waals surface area contributed by atoms with Crippen LogP contribution in [0, 0.1) is 0 Å². The van der Waals surface area contributed by atoms with Crippen LogP contribution in [0.4, 0.5) is 0 Å². The Morgan fingerprint density at radius 3 is 2.41 bits per heavy atom. The lowest BCUT2D eigenvalue weighted by molar-refractivity contribution is -0.0190. The second-order valence-electron chi connectivity index (χ2n) is 7.08. The minimum absolute atomic E-state index is 0.0511. The van der Waals surface area contributed by atoms with Crippen molar-refractivity contribution >= 4 is 28.9 Å². The Balaban J connectivity index is 1.58. The number of hydrogen-bond donors (Lipinski definition) is 0. The number of benzene rings is 3. The predicted molar refractivity (Wildman–Crippen MR) is 115 cm³/mol. The van der Waals surface area contributed by atoms with E-state index in [0.29, 0.717) is 10.0 Å². The Kier molecular flexibility index (Phi) is 4.61. The zero-order chi connectivity index (χ0) is 20.0. The van der Waals surface area contributed by atoms with Gasteiger partial charge >= 0.3 is 0 Å². The van der Waals surface area contributed by atoms with Crippen molar-refractivity contribution in [2.24, 2.45) is 5.10 Å². The zero-order valence-electron chi connectivity index (χ0n) is 15.7. The van der Waals surface area contributed by atoms with Gasteiger partial charge in [0.05, 0.1) is 18.9 Å². The van der Waals surface area contributed by atoms with Gasteiger partial charge in [-0.1, -0.05) is 35.3 Å². The molecule has 2 aliphatic heterocycles. The summed E-state index contributed by atoms with van der Waals surface area (Å²) in [7, 11) is 1.66. The molecule has 0 radical (unpaired) electrons.